The number of carbonyl (C=O) groups is 2. The molecule has 3 N–H and O–H groups in total. The number of H-pyrrole nitrogens is 1. The van der Waals surface area contributed by atoms with Crippen molar-refractivity contribution in [3.8, 4) is 5.75 Å². The van der Waals surface area contributed by atoms with E-state index >= 15 is 0 Å². The van der Waals surface area contributed by atoms with E-state index in [-0.39, 0.29) is 22.8 Å². The molecular formula is C25H17ClN2O4. The fourth-order valence-electron chi connectivity index (χ4n) is 4.13. The molecule has 1 aromatic heterocycles. The number of nitrogens with one attached hydrogen (secondary N) is 1. The zero-order valence-electron chi connectivity index (χ0n) is 16.6. The second-order valence-corrected chi connectivity index (χ2v) is 7.89. The van der Waals surface area contributed by atoms with Gasteiger partial charge in [-0.15, -0.1) is 0 Å². The minimum Gasteiger partial charge on any atom is -0.507 e. The van der Waals surface area contributed by atoms with E-state index in [9.17, 15) is 19.8 Å². The SMILES string of the molecule is O=C1C(=O)N(c2ccccc2O)C(c2c[nH]c3ccccc23)/C1=C(\O)c1ccc(Cl)cc1. The van der Waals surface area contributed by atoms with Gasteiger partial charge in [0.15, 0.2) is 0 Å². The number of Topliss-reactive ketones (excluding diaryl/α,β-unsaturated/α-hetero) is 1. The molecule has 1 atom stereocenters. The summed E-state index contributed by atoms with van der Waals surface area (Å²) in [5.74, 6) is -2.13. The lowest BCUT2D eigenvalue weighted by Crippen LogP contribution is -2.29. The Morgan fingerprint density at radius 1 is 0.938 bits per heavy atom. The summed E-state index contributed by atoms with van der Waals surface area (Å²) in [6.45, 7) is 0. The first-order valence-corrected chi connectivity index (χ1v) is 10.3. The zero-order chi connectivity index (χ0) is 22.4. The van der Waals surface area contributed by atoms with Gasteiger partial charge >= 0.3 is 0 Å². The van der Waals surface area contributed by atoms with Crippen molar-refractivity contribution in [3.63, 3.8) is 0 Å². The summed E-state index contributed by atoms with van der Waals surface area (Å²) in [4.78, 5) is 30.8. The lowest BCUT2D eigenvalue weighted by atomic mass is 9.94. The smallest absolute Gasteiger partial charge is 0.300 e. The number of phenolic OH excluding ortho intramolecular Hbond substituents is 1. The van der Waals surface area contributed by atoms with Gasteiger partial charge < -0.3 is 15.2 Å². The van der Waals surface area contributed by atoms with Crippen LogP contribution in [0.2, 0.25) is 5.02 Å². The van der Waals surface area contributed by atoms with Crippen molar-refractivity contribution < 1.29 is 19.8 Å². The number of nitrogens with zero attached hydrogens (tertiary/aromatic N) is 1. The molecule has 1 aliphatic rings. The first kappa shape index (κ1) is 19.9. The highest BCUT2D eigenvalue weighted by Crippen LogP contribution is 2.46. The van der Waals surface area contributed by atoms with Gasteiger partial charge in [-0.2, -0.15) is 0 Å². The van der Waals surface area contributed by atoms with Crippen LogP contribution in [-0.2, 0) is 9.59 Å². The molecule has 7 heteroatoms. The molecule has 32 heavy (non-hydrogen) atoms. The number of aromatic amines is 1. The third kappa shape index (κ3) is 3.04. The highest BCUT2D eigenvalue weighted by atomic mass is 35.5. The molecule has 1 unspecified atom stereocenters. The number of amides is 1. The minimum atomic E-state index is -0.949. The summed E-state index contributed by atoms with van der Waals surface area (Å²) >= 11 is 5.96. The van der Waals surface area contributed by atoms with Crippen LogP contribution in [0.3, 0.4) is 0 Å². The topological polar surface area (TPSA) is 93.6 Å². The monoisotopic (exact) mass is 444 g/mol. The Morgan fingerprint density at radius 3 is 2.38 bits per heavy atom. The molecule has 0 spiro atoms. The number of fused-ring (bicyclic) bond motifs is 1. The van der Waals surface area contributed by atoms with Crippen molar-refractivity contribution in [2.75, 3.05) is 4.90 Å². The van der Waals surface area contributed by atoms with Crippen LogP contribution in [0.1, 0.15) is 17.2 Å². The van der Waals surface area contributed by atoms with Crippen molar-refractivity contribution >= 4 is 45.6 Å². The molecule has 4 aromatic rings. The molecule has 0 bridgehead atoms. The number of carbonyl (C=O) groups excluding carboxylic acids is 2. The van der Waals surface area contributed by atoms with Crippen LogP contribution in [-0.4, -0.2) is 26.9 Å². The van der Waals surface area contributed by atoms with Crippen molar-refractivity contribution in [3.05, 3.63) is 101 Å². The Hall–Kier alpha value is -4.03. The van der Waals surface area contributed by atoms with Gasteiger partial charge in [0.05, 0.1) is 17.3 Å². The Labute approximate surface area is 188 Å². The van der Waals surface area contributed by atoms with Crippen LogP contribution in [0.4, 0.5) is 5.69 Å². The van der Waals surface area contributed by atoms with Crippen LogP contribution in [0.25, 0.3) is 16.7 Å². The summed E-state index contributed by atoms with van der Waals surface area (Å²) in [6.07, 6.45) is 1.71. The lowest BCUT2D eigenvalue weighted by molar-refractivity contribution is -0.132. The van der Waals surface area contributed by atoms with E-state index < -0.39 is 17.7 Å². The third-order valence-electron chi connectivity index (χ3n) is 5.62. The molecule has 5 rings (SSSR count). The number of aromatic hydroxyl groups is 1. The molecule has 1 saturated heterocycles. The minimum absolute atomic E-state index is 0.0645. The first-order valence-electron chi connectivity index (χ1n) is 9.88. The molecule has 6 nitrogen and oxygen atoms in total. The number of anilines is 1. The van der Waals surface area contributed by atoms with Gasteiger partial charge in [0, 0.05) is 33.2 Å². The van der Waals surface area contributed by atoms with Crippen molar-refractivity contribution in [2.24, 2.45) is 0 Å². The number of ketones is 1. The van der Waals surface area contributed by atoms with Gasteiger partial charge in [-0.25, -0.2) is 0 Å². The molecule has 2 heterocycles. The summed E-state index contributed by atoms with van der Waals surface area (Å²) in [5.41, 5.74) is 1.91. The number of halogens is 1. The Balaban J connectivity index is 1.80. The highest BCUT2D eigenvalue weighted by molar-refractivity contribution is 6.52. The van der Waals surface area contributed by atoms with Crippen molar-refractivity contribution in [1.82, 2.24) is 4.98 Å². The number of aliphatic hydroxyl groups excluding tert-OH is 1. The normalized spacial score (nSPS) is 17.9. The number of hydrogen-bond donors (Lipinski definition) is 3. The highest BCUT2D eigenvalue weighted by Gasteiger charge is 2.48. The third-order valence-corrected chi connectivity index (χ3v) is 5.87. The number of phenols is 1. The number of para-hydroxylation sites is 3. The maximum absolute atomic E-state index is 13.2. The summed E-state index contributed by atoms with van der Waals surface area (Å²) in [5, 5.41) is 22.9. The van der Waals surface area contributed by atoms with E-state index in [2.05, 4.69) is 4.98 Å². The van der Waals surface area contributed by atoms with Crippen LogP contribution < -0.4 is 4.90 Å². The molecule has 0 saturated carbocycles. The van der Waals surface area contributed by atoms with E-state index in [1.165, 1.54) is 11.0 Å². The molecule has 1 fully saturated rings. The van der Waals surface area contributed by atoms with Crippen LogP contribution in [0, 0.1) is 0 Å². The van der Waals surface area contributed by atoms with Crippen molar-refractivity contribution in [1.29, 1.82) is 0 Å². The standard InChI is InChI=1S/C25H17ClN2O4/c26-15-11-9-14(10-12-15)23(30)21-22(17-13-27-18-6-2-1-5-16(17)18)28(25(32)24(21)31)19-7-3-4-8-20(19)29/h1-13,22,27,29-30H/b23-21+. The van der Waals surface area contributed by atoms with Crippen LogP contribution in [0.15, 0.2) is 84.6 Å². The Bertz CT molecular complexity index is 1410. The van der Waals surface area contributed by atoms with Gasteiger partial charge in [-0.05, 0) is 42.5 Å². The largest absolute Gasteiger partial charge is 0.507 e. The predicted octanol–water partition coefficient (Wildman–Crippen LogP) is 5.15. The van der Waals surface area contributed by atoms with Crippen LogP contribution in [0.5, 0.6) is 5.75 Å². The first-order chi connectivity index (χ1) is 15.5. The summed E-state index contributed by atoms with van der Waals surface area (Å²) in [7, 11) is 0. The molecule has 0 aliphatic carbocycles. The quantitative estimate of drug-likeness (QED) is 0.231. The Morgan fingerprint density at radius 2 is 1.62 bits per heavy atom. The number of aromatic nitrogens is 1. The molecule has 3 aromatic carbocycles. The molecule has 0 radical (unpaired) electrons. The van der Waals surface area contributed by atoms with Gasteiger partial charge in [0.1, 0.15) is 11.5 Å². The van der Waals surface area contributed by atoms with Gasteiger partial charge in [0.2, 0.25) is 0 Å². The lowest BCUT2D eigenvalue weighted by Gasteiger charge is -2.25. The maximum atomic E-state index is 13.2. The van der Waals surface area contributed by atoms with E-state index in [4.69, 9.17) is 11.6 Å². The Kier molecular flexibility index (Phi) is 4.72. The number of benzene rings is 3. The fraction of sp³-hybridized carbons (Fsp3) is 0.0400. The summed E-state index contributed by atoms with van der Waals surface area (Å²) < 4.78 is 0. The number of hydrogen-bond acceptors (Lipinski definition) is 4. The fourth-order valence-corrected chi connectivity index (χ4v) is 4.25. The van der Waals surface area contributed by atoms with Crippen molar-refractivity contribution in [2.45, 2.75) is 6.04 Å². The number of aliphatic hydroxyl groups is 1. The van der Waals surface area contributed by atoms with Crippen LogP contribution >= 0.6 is 11.6 Å². The maximum Gasteiger partial charge on any atom is 0.300 e. The van der Waals surface area contributed by atoms with Gasteiger partial charge in [0.25, 0.3) is 11.7 Å². The molecule has 1 amide bonds. The molecule has 158 valence electrons. The zero-order valence-corrected chi connectivity index (χ0v) is 17.4. The second kappa shape index (κ2) is 7.59. The predicted molar refractivity (Wildman–Crippen MR) is 123 cm³/mol. The van der Waals surface area contributed by atoms with Gasteiger partial charge in [-0.1, -0.05) is 41.9 Å². The van der Waals surface area contributed by atoms with Gasteiger partial charge in [-0.3, -0.25) is 14.5 Å². The molecule has 1 aliphatic heterocycles. The van der Waals surface area contributed by atoms with E-state index in [1.54, 1.807) is 48.7 Å². The molecular weight excluding hydrogens is 428 g/mol. The van der Waals surface area contributed by atoms with E-state index in [0.717, 1.165) is 10.9 Å². The second-order valence-electron chi connectivity index (χ2n) is 7.45. The number of rotatable bonds is 3. The van der Waals surface area contributed by atoms with E-state index in [1.807, 2.05) is 24.3 Å². The average molecular weight is 445 g/mol. The average Bonchev–Trinajstić information content (AvgIpc) is 3.33. The van der Waals surface area contributed by atoms with E-state index in [0.29, 0.717) is 16.1 Å². The summed E-state index contributed by atoms with van der Waals surface area (Å²) in [6, 6.07) is 19.2.